The molecule has 1 saturated heterocycles. The van der Waals surface area contributed by atoms with Gasteiger partial charge in [0.25, 0.3) is 0 Å². The van der Waals surface area contributed by atoms with E-state index in [1.807, 2.05) is 16.3 Å². The molecule has 2 rings (SSSR count). The predicted molar refractivity (Wildman–Crippen MR) is 83.7 cm³/mol. The van der Waals surface area contributed by atoms with Crippen molar-refractivity contribution in [1.82, 2.24) is 4.90 Å². The lowest BCUT2D eigenvalue weighted by Crippen LogP contribution is -2.42. The summed E-state index contributed by atoms with van der Waals surface area (Å²) in [5.41, 5.74) is 0. The number of thioether (sulfide) groups is 1. The average Bonchev–Trinajstić information content (AvgIpc) is 2.99. The number of hydrogen-bond acceptors (Lipinski definition) is 5. The Morgan fingerprint density at radius 1 is 1.43 bits per heavy atom. The SMILES string of the molecule is O=C(O)COC1CCN(C(=O)CSCc2cccs2)CC1. The first-order chi connectivity index (χ1) is 10.1. The van der Waals surface area contributed by atoms with Crippen LogP contribution in [-0.2, 0) is 20.1 Å². The molecule has 7 heteroatoms. The highest BCUT2D eigenvalue weighted by Crippen LogP contribution is 2.19. The average molecular weight is 329 g/mol. The van der Waals surface area contributed by atoms with E-state index in [0.717, 1.165) is 5.75 Å². The van der Waals surface area contributed by atoms with Crippen LogP contribution in [0, 0.1) is 0 Å². The van der Waals surface area contributed by atoms with Crippen LogP contribution in [0.15, 0.2) is 17.5 Å². The third kappa shape index (κ3) is 5.68. The van der Waals surface area contributed by atoms with Gasteiger partial charge in [-0.1, -0.05) is 6.07 Å². The van der Waals surface area contributed by atoms with E-state index in [2.05, 4.69) is 6.07 Å². The van der Waals surface area contributed by atoms with Gasteiger partial charge < -0.3 is 14.7 Å². The molecule has 21 heavy (non-hydrogen) atoms. The Bertz CT molecular complexity index is 456. The summed E-state index contributed by atoms with van der Waals surface area (Å²) in [6.45, 7) is 1.06. The van der Waals surface area contributed by atoms with E-state index in [1.165, 1.54) is 4.88 Å². The van der Waals surface area contributed by atoms with Gasteiger partial charge in [-0.05, 0) is 24.3 Å². The van der Waals surface area contributed by atoms with Crippen LogP contribution in [0.4, 0.5) is 0 Å². The Balaban J connectivity index is 1.62. The Morgan fingerprint density at radius 2 is 2.19 bits per heavy atom. The fraction of sp³-hybridized carbons (Fsp3) is 0.571. The van der Waals surface area contributed by atoms with E-state index in [0.29, 0.717) is 31.7 Å². The molecule has 0 aliphatic carbocycles. The van der Waals surface area contributed by atoms with Gasteiger partial charge in [0.15, 0.2) is 0 Å². The first-order valence-electron chi connectivity index (χ1n) is 6.86. The molecule has 0 aromatic carbocycles. The number of ether oxygens (including phenoxy) is 1. The molecular weight excluding hydrogens is 310 g/mol. The number of carbonyl (C=O) groups excluding carboxylic acids is 1. The second-order valence-electron chi connectivity index (χ2n) is 4.86. The number of aliphatic carboxylic acids is 1. The number of hydrogen-bond donors (Lipinski definition) is 1. The summed E-state index contributed by atoms with van der Waals surface area (Å²) in [7, 11) is 0. The van der Waals surface area contributed by atoms with E-state index in [4.69, 9.17) is 9.84 Å². The van der Waals surface area contributed by atoms with Crippen LogP contribution in [0.1, 0.15) is 17.7 Å². The van der Waals surface area contributed by atoms with E-state index >= 15 is 0 Å². The molecule has 0 atom stereocenters. The zero-order chi connectivity index (χ0) is 15.1. The molecule has 0 radical (unpaired) electrons. The van der Waals surface area contributed by atoms with Crippen molar-refractivity contribution < 1.29 is 19.4 Å². The van der Waals surface area contributed by atoms with Crippen molar-refractivity contribution in [3.05, 3.63) is 22.4 Å². The first kappa shape index (κ1) is 16.3. The van der Waals surface area contributed by atoms with Crippen molar-refractivity contribution in [2.24, 2.45) is 0 Å². The van der Waals surface area contributed by atoms with E-state index in [-0.39, 0.29) is 18.6 Å². The number of amides is 1. The number of rotatable bonds is 7. The van der Waals surface area contributed by atoms with Gasteiger partial charge in [-0.15, -0.1) is 23.1 Å². The fourth-order valence-electron chi connectivity index (χ4n) is 2.19. The Labute approximate surface area is 132 Å². The van der Waals surface area contributed by atoms with Crippen LogP contribution in [0.5, 0.6) is 0 Å². The summed E-state index contributed by atoms with van der Waals surface area (Å²) in [6, 6.07) is 4.09. The quantitative estimate of drug-likeness (QED) is 0.829. The molecule has 2 heterocycles. The Morgan fingerprint density at radius 3 is 2.81 bits per heavy atom. The van der Waals surface area contributed by atoms with Crippen molar-refractivity contribution in [1.29, 1.82) is 0 Å². The van der Waals surface area contributed by atoms with E-state index < -0.39 is 5.97 Å². The normalized spacial score (nSPS) is 16.1. The number of carbonyl (C=O) groups is 2. The maximum absolute atomic E-state index is 12.1. The second-order valence-corrected chi connectivity index (χ2v) is 6.87. The third-order valence-electron chi connectivity index (χ3n) is 3.29. The summed E-state index contributed by atoms with van der Waals surface area (Å²) in [5.74, 6) is 0.590. The molecule has 1 aliphatic rings. The fourth-order valence-corrected chi connectivity index (χ4v) is 3.95. The molecule has 1 aromatic rings. The molecule has 5 nitrogen and oxygen atoms in total. The van der Waals surface area contributed by atoms with E-state index in [1.54, 1.807) is 23.1 Å². The molecule has 116 valence electrons. The van der Waals surface area contributed by atoms with Gasteiger partial charge in [0, 0.05) is 23.7 Å². The van der Waals surface area contributed by atoms with Crippen molar-refractivity contribution in [2.45, 2.75) is 24.7 Å². The smallest absolute Gasteiger partial charge is 0.329 e. The van der Waals surface area contributed by atoms with Crippen molar-refractivity contribution in [3.63, 3.8) is 0 Å². The lowest BCUT2D eigenvalue weighted by molar-refractivity contribution is -0.146. The highest BCUT2D eigenvalue weighted by molar-refractivity contribution is 7.99. The standard InChI is InChI=1S/C14H19NO4S2/c16-13(10-20-9-12-2-1-7-21-12)15-5-3-11(4-6-15)19-8-14(17)18/h1-2,7,11H,3-6,8-10H2,(H,17,18). The Kier molecular flexibility index (Phi) is 6.53. The van der Waals surface area contributed by atoms with Crippen molar-refractivity contribution in [2.75, 3.05) is 25.4 Å². The maximum atomic E-state index is 12.1. The van der Waals surface area contributed by atoms with Gasteiger partial charge in [-0.3, -0.25) is 4.79 Å². The summed E-state index contributed by atoms with van der Waals surface area (Å²) < 4.78 is 5.26. The van der Waals surface area contributed by atoms with Gasteiger partial charge in [-0.2, -0.15) is 0 Å². The minimum absolute atomic E-state index is 0.0380. The molecule has 1 fully saturated rings. The van der Waals surface area contributed by atoms with Crippen LogP contribution >= 0.6 is 23.1 Å². The first-order valence-corrected chi connectivity index (χ1v) is 8.90. The second kappa shape index (κ2) is 8.41. The number of nitrogens with zero attached hydrogens (tertiary/aromatic N) is 1. The molecule has 1 amide bonds. The van der Waals surface area contributed by atoms with E-state index in [9.17, 15) is 9.59 Å². The summed E-state index contributed by atoms with van der Waals surface area (Å²) in [4.78, 5) is 25.6. The van der Waals surface area contributed by atoms with Crippen molar-refractivity contribution in [3.8, 4) is 0 Å². The molecule has 0 spiro atoms. The largest absolute Gasteiger partial charge is 0.480 e. The maximum Gasteiger partial charge on any atom is 0.329 e. The molecule has 1 N–H and O–H groups in total. The summed E-state index contributed by atoms with van der Waals surface area (Å²) in [6.07, 6.45) is 1.40. The molecule has 1 aromatic heterocycles. The number of piperidine rings is 1. The van der Waals surface area contributed by atoms with Crippen LogP contribution in [0.25, 0.3) is 0 Å². The van der Waals surface area contributed by atoms with Crippen molar-refractivity contribution >= 4 is 35.0 Å². The molecule has 0 saturated carbocycles. The van der Waals surface area contributed by atoms with Gasteiger partial charge in [-0.25, -0.2) is 4.79 Å². The molecular formula is C14H19NO4S2. The molecule has 0 bridgehead atoms. The number of carboxylic acids is 1. The summed E-state index contributed by atoms with van der Waals surface area (Å²) in [5, 5.41) is 10.6. The molecule has 0 unspecified atom stereocenters. The van der Waals surface area contributed by atoms with Crippen LogP contribution in [-0.4, -0.2) is 53.4 Å². The predicted octanol–water partition coefficient (Wildman–Crippen LogP) is 2.07. The van der Waals surface area contributed by atoms with Gasteiger partial charge >= 0.3 is 5.97 Å². The minimum Gasteiger partial charge on any atom is -0.480 e. The van der Waals surface area contributed by atoms with Gasteiger partial charge in [0.1, 0.15) is 6.61 Å². The highest BCUT2D eigenvalue weighted by atomic mass is 32.2. The molecule has 1 aliphatic heterocycles. The number of carboxylic acid groups (broad SMARTS) is 1. The lowest BCUT2D eigenvalue weighted by atomic mass is 10.1. The van der Waals surface area contributed by atoms with Gasteiger partial charge in [0.05, 0.1) is 11.9 Å². The zero-order valence-electron chi connectivity index (χ0n) is 11.7. The lowest BCUT2D eigenvalue weighted by Gasteiger charge is -2.31. The number of thiophene rings is 1. The van der Waals surface area contributed by atoms with Crippen LogP contribution in [0.3, 0.4) is 0 Å². The minimum atomic E-state index is -0.946. The van der Waals surface area contributed by atoms with Crippen LogP contribution < -0.4 is 0 Å². The summed E-state index contributed by atoms with van der Waals surface area (Å²) >= 11 is 3.35. The topological polar surface area (TPSA) is 66.8 Å². The monoisotopic (exact) mass is 329 g/mol. The highest BCUT2D eigenvalue weighted by Gasteiger charge is 2.23. The van der Waals surface area contributed by atoms with Crippen LogP contribution in [0.2, 0.25) is 0 Å². The zero-order valence-corrected chi connectivity index (χ0v) is 13.3. The Hall–Kier alpha value is -1.05. The third-order valence-corrected chi connectivity index (χ3v) is 5.31. The van der Waals surface area contributed by atoms with Gasteiger partial charge in [0.2, 0.25) is 5.91 Å². The number of likely N-dealkylation sites (tertiary alicyclic amines) is 1.